The first-order valence-corrected chi connectivity index (χ1v) is 7.44. The van der Waals surface area contributed by atoms with Crippen molar-refractivity contribution in [3.63, 3.8) is 0 Å². The third-order valence-corrected chi connectivity index (χ3v) is 5.05. The van der Waals surface area contributed by atoms with Crippen molar-refractivity contribution in [2.75, 3.05) is 0 Å². The Bertz CT molecular complexity index is 565. The third-order valence-electron chi connectivity index (χ3n) is 3.69. The molecular formula is C16H14BrCl. The van der Waals surface area contributed by atoms with Crippen LogP contribution in [-0.4, -0.2) is 0 Å². The van der Waals surface area contributed by atoms with E-state index in [4.69, 9.17) is 11.6 Å². The van der Waals surface area contributed by atoms with Gasteiger partial charge in [-0.2, -0.15) is 0 Å². The van der Waals surface area contributed by atoms with Gasteiger partial charge in [-0.05, 0) is 41.5 Å². The van der Waals surface area contributed by atoms with Crippen LogP contribution < -0.4 is 0 Å². The molecule has 3 rings (SSSR count). The van der Waals surface area contributed by atoms with Crippen LogP contribution >= 0.6 is 27.5 Å². The van der Waals surface area contributed by atoms with E-state index in [2.05, 4.69) is 64.5 Å². The summed E-state index contributed by atoms with van der Waals surface area (Å²) in [5.41, 5.74) is 4.08. The Morgan fingerprint density at radius 1 is 1.06 bits per heavy atom. The van der Waals surface area contributed by atoms with Crippen molar-refractivity contribution in [3.05, 3.63) is 69.7 Å². The molecule has 0 saturated heterocycles. The normalized spacial score (nSPS) is 21.9. The maximum absolute atomic E-state index is 6.60. The first kappa shape index (κ1) is 12.3. The first-order valence-electron chi connectivity index (χ1n) is 6.21. The maximum Gasteiger partial charge on any atom is 0.0622 e. The SMILES string of the molecule is ClC1c2ccccc2CC1Cc1ccccc1Br. The molecule has 0 aromatic heterocycles. The first-order chi connectivity index (χ1) is 8.75. The summed E-state index contributed by atoms with van der Waals surface area (Å²) in [6, 6.07) is 17.0. The fourth-order valence-electron chi connectivity index (χ4n) is 2.75. The lowest BCUT2D eigenvalue weighted by Gasteiger charge is -2.15. The summed E-state index contributed by atoms with van der Waals surface area (Å²) >= 11 is 10.2. The standard InChI is InChI=1S/C16H14BrCl/c17-15-8-4-2-6-12(15)10-13-9-11-5-1-3-7-14(11)16(13)18/h1-8,13,16H,9-10H2. The van der Waals surface area contributed by atoms with Crippen LogP contribution in [0.4, 0.5) is 0 Å². The van der Waals surface area contributed by atoms with Crippen molar-refractivity contribution >= 4 is 27.5 Å². The predicted octanol–water partition coefficient (Wildman–Crippen LogP) is 5.14. The van der Waals surface area contributed by atoms with Crippen molar-refractivity contribution in [1.82, 2.24) is 0 Å². The summed E-state index contributed by atoms with van der Waals surface area (Å²) < 4.78 is 1.19. The maximum atomic E-state index is 6.60. The van der Waals surface area contributed by atoms with E-state index in [1.807, 2.05) is 0 Å². The Hall–Kier alpha value is -0.790. The number of alkyl halides is 1. The lowest BCUT2D eigenvalue weighted by atomic mass is 9.96. The Morgan fingerprint density at radius 2 is 1.78 bits per heavy atom. The highest BCUT2D eigenvalue weighted by molar-refractivity contribution is 9.10. The van der Waals surface area contributed by atoms with Gasteiger partial charge >= 0.3 is 0 Å². The fourth-order valence-corrected chi connectivity index (χ4v) is 3.59. The van der Waals surface area contributed by atoms with Gasteiger partial charge in [0.1, 0.15) is 0 Å². The predicted molar refractivity (Wildman–Crippen MR) is 80.1 cm³/mol. The van der Waals surface area contributed by atoms with E-state index >= 15 is 0 Å². The van der Waals surface area contributed by atoms with Crippen LogP contribution in [-0.2, 0) is 12.8 Å². The molecule has 2 aromatic carbocycles. The summed E-state index contributed by atoms with van der Waals surface area (Å²) in [6.07, 6.45) is 2.12. The van der Waals surface area contributed by atoms with Gasteiger partial charge < -0.3 is 0 Å². The minimum absolute atomic E-state index is 0.147. The molecular weight excluding hydrogens is 308 g/mol. The zero-order valence-electron chi connectivity index (χ0n) is 9.94. The van der Waals surface area contributed by atoms with Gasteiger partial charge in [-0.1, -0.05) is 58.4 Å². The second-order valence-corrected chi connectivity index (χ2v) is 6.18. The van der Waals surface area contributed by atoms with Crippen molar-refractivity contribution in [2.24, 2.45) is 5.92 Å². The number of rotatable bonds is 2. The molecule has 2 atom stereocenters. The third kappa shape index (κ3) is 2.22. The quantitative estimate of drug-likeness (QED) is 0.672. The molecule has 2 heteroatoms. The molecule has 0 amide bonds. The second kappa shape index (κ2) is 5.07. The van der Waals surface area contributed by atoms with Crippen LogP contribution in [0.3, 0.4) is 0 Å². The topological polar surface area (TPSA) is 0 Å². The molecule has 1 aliphatic carbocycles. The fraction of sp³-hybridized carbons (Fsp3) is 0.250. The Balaban J connectivity index is 1.83. The zero-order chi connectivity index (χ0) is 12.5. The molecule has 2 aromatic rings. The molecule has 2 unspecified atom stereocenters. The number of hydrogen-bond donors (Lipinski definition) is 0. The molecule has 0 bridgehead atoms. The minimum Gasteiger partial charge on any atom is -0.117 e. The van der Waals surface area contributed by atoms with Gasteiger partial charge in [0.15, 0.2) is 0 Å². The van der Waals surface area contributed by atoms with E-state index in [0.717, 1.165) is 12.8 Å². The Kier molecular flexibility index (Phi) is 3.45. The molecule has 18 heavy (non-hydrogen) atoms. The number of hydrogen-bond acceptors (Lipinski definition) is 0. The lowest BCUT2D eigenvalue weighted by Crippen LogP contribution is -2.07. The van der Waals surface area contributed by atoms with Gasteiger partial charge in [-0.15, -0.1) is 11.6 Å². The van der Waals surface area contributed by atoms with Crippen molar-refractivity contribution in [2.45, 2.75) is 18.2 Å². The summed E-state index contributed by atoms with van der Waals surface area (Å²) in [4.78, 5) is 0. The smallest absolute Gasteiger partial charge is 0.0622 e. The van der Waals surface area contributed by atoms with Gasteiger partial charge in [0.25, 0.3) is 0 Å². The highest BCUT2D eigenvalue weighted by Gasteiger charge is 2.30. The summed E-state index contributed by atoms with van der Waals surface area (Å²) in [6.45, 7) is 0. The van der Waals surface area contributed by atoms with Crippen molar-refractivity contribution in [3.8, 4) is 0 Å². The van der Waals surface area contributed by atoms with Crippen LogP contribution in [0.5, 0.6) is 0 Å². The van der Waals surface area contributed by atoms with Crippen LogP contribution in [0.1, 0.15) is 22.1 Å². The van der Waals surface area contributed by atoms with Gasteiger partial charge in [0.2, 0.25) is 0 Å². The van der Waals surface area contributed by atoms with Crippen LogP contribution in [0.25, 0.3) is 0 Å². The molecule has 0 spiro atoms. The summed E-state index contributed by atoms with van der Waals surface area (Å²) in [5, 5.41) is 0.147. The second-order valence-electron chi connectivity index (χ2n) is 4.86. The Labute approximate surface area is 121 Å². The van der Waals surface area contributed by atoms with Gasteiger partial charge in [0, 0.05) is 4.47 Å². The van der Waals surface area contributed by atoms with E-state index in [1.165, 1.54) is 21.2 Å². The molecule has 0 aliphatic heterocycles. The molecule has 0 N–H and O–H groups in total. The molecule has 0 heterocycles. The van der Waals surface area contributed by atoms with Gasteiger partial charge in [-0.25, -0.2) is 0 Å². The number of halogens is 2. The van der Waals surface area contributed by atoms with E-state index in [0.29, 0.717) is 5.92 Å². The average Bonchev–Trinajstić information content (AvgIpc) is 2.70. The zero-order valence-corrected chi connectivity index (χ0v) is 12.3. The van der Waals surface area contributed by atoms with E-state index < -0.39 is 0 Å². The summed E-state index contributed by atoms with van der Waals surface area (Å²) in [7, 11) is 0. The Morgan fingerprint density at radius 3 is 2.56 bits per heavy atom. The van der Waals surface area contributed by atoms with Gasteiger partial charge in [-0.3, -0.25) is 0 Å². The minimum atomic E-state index is 0.147. The highest BCUT2D eigenvalue weighted by atomic mass is 79.9. The van der Waals surface area contributed by atoms with E-state index in [1.54, 1.807) is 0 Å². The molecule has 92 valence electrons. The molecule has 1 aliphatic rings. The molecule has 0 radical (unpaired) electrons. The molecule has 0 nitrogen and oxygen atoms in total. The average molecular weight is 322 g/mol. The highest BCUT2D eigenvalue weighted by Crippen LogP contribution is 2.42. The van der Waals surface area contributed by atoms with Crippen molar-refractivity contribution in [1.29, 1.82) is 0 Å². The summed E-state index contributed by atoms with van der Waals surface area (Å²) in [5.74, 6) is 0.503. The van der Waals surface area contributed by atoms with Crippen LogP contribution in [0.15, 0.2) is 53.0 Å². The number of fused-ring (bicyclic) bond motifs is 1. The van der Waals surface area contributed by atoms with Crippen LogP contribution in [0, 0.1) is 5.92 Å². The van der Waals surface area contributed by atoms with Crippen molar-refractivity contribution < 1.29 is 0 Å². The monoisotopic (exact) mass is 320 g/mol. The largest absolute Gasteiger partial charge is 0.117 e. The molecule has 0 fully saturated rings. The van der Waals surface area contributed by atoms with Crippen LogP contribution in [0.2, 0.25) is 0 Å². The van der Waals surface area contributed by atoms with E-state index in [-0.39, 0.29) is 5.38 Å². The lowest BCUT2D eigenvalue weighted by molar-refractivity contribution is 0.542. The van der Waals surface area contributed by atoms with Gasteiger partial charge in [0.05, 0.1) is 5.38 Å². The molecule has 0 saturated carbocycles. The van der Waals surface area contributed by atoms with E-state index in [9.17, 15) is 0 Å². The number of benzene rings is 2.